The number of benzene rings is 1. The number of aliphatic hydroxyl groups excluding tert-OH is 1. The second-order valence-corrected chi connectivity index (χ2v) is 5.28. The molecule has 0 fully saturated rings. The van der Waals surface area contributed by atoms with Crippen molar-refractivity contribution in [1.82, 2.24) is 14.9 Å². The molecule has 6 nitrogen and oxygen atoms in total. The zero-order valence-corrected chi connectivity index (χ0v) is 12.9. The topological polar surface area (TPSA) is 76.4 Å². The van der Waals surface area contributed by atoms with Gasteiger partial charge in [0.1, 0.15) is 11.9 Å². The highest BCUT2D eigenvalue weighted by molar-refractivity contribution is 6.31. The molecule has 21 heavy (non-hydrogen) atoms. The predicted octanol–water partition coefficient (Wildman–Crippen LogP) is 1.24. The summed E-state index contributed by atoms with van der Waals surface area (Å²) in [6.45, 7) is 1.86. The monoisotopic (exact) mass is 311 g/mol. The van der Waals surface area contributed by atoms with Gasteiger partial charge in [0.25, 0.3) is 0 Å². The van der Waals surface area contributed by atoms with Crippen molar-refractivity contribution in [3.8, 4) is 0 Å². The zero-order valence-electron chi connectivity index (χ0n) is 12.1. The second kappa shape index (κ2) is 6.43. The van der Waals surface area contributed by atoms with Crippen LogP contribution in [0, 0.1) is 0 Å². The van der Waals surface area contributed by atoms with Gasteiger partial charge in [-0.2, -0.15) is 0 Å². The molecular weight excluding hydrogens is 294 g/mol. The maximum atomic E-state index is 11.6. The smallest absolute Gasteiger partial charge is 0.325 e. The average molecular weight is 312 g/mol. The molecule has 2 atom stereocenters. The number of halogens is 1. The number of fused-ring (bicyclic) bond motifs is 1. The summed E-state index contributed by atoms with van der Waals surface area (Å²) in [7, 11) is 3.17. The Labute approximate surface area is 127 Å². The largest absolute Gasteiger partial charge is 0.468 e. The van der Waals surface area contributed by atoms with Crippen molar-refractivity contribution in [2.45, 2.75) is 25.6 Å². The number of aromatic nitrogens is 2. The van der Waals surface area contributed by atoms with Gasteiger partial charge in [-0.1, -0.05) is 11.6 Å². The fraction of sp³-hybridized carbons (Fsp3) is 0.429. The third-order valence-corrected chi connectivity index (χ3v) is 3.59. The van der Waals surface area contributed by atoms with Gasteiger partial charge in [0.15, 0.2) is 0 Å². The molecule has 0 saturated carbocycles. The molecule has 1 aromatic heterocycles. The molecule has 0 radical (unpaired) electrons. The van der Waals surface area contributed by atoms with Crippen molar-refractivity contribution in [2.75, 3.05) is 7.11 Å². The van der Waals surface area contributed by atoms with Gasteiger partial charge in [0.2, 0.25) is 0 Å². The first-order valence-corrected chi connectivity index (χ1v) is 6.92. The normalized spacial score (nSPS) is 14.1. The standard InChI is InChI=1S/C14H18ClN3O3/c1-8(19)13(14(20)21-3)16-7-12-17-10-6-9(15)4-5-11(10)18(12)2/h4-6,8,13,16,19H,7H2,1-3H3. The number of hydrogen-bond donors (Lipinski definition) is 2. The highest BCUT2D eigenvalue weighted by Crippen LogP contribution is 2.19. The van der Waals surface area contributed by atoms with Gasteiger partial charge in [-0.05, 0) is 25.1 Å². The molecule has 2 unspecified atom stereocenters. The predicted molar refractivity (Wildman–Crippen MR) is 80.0 cm³/mol. The second-order valence-electron chi connectivity index (χ2n) is 4.84. The number of carbonyl (C=O) groups is 1. The summed E-state index contributed by atoms with van der Waals surface area (Å²) in [5.41, 5.74) is 1.73. The van der Waals surface area contributed by atoms with E-state index in [9.17, 15) is 9.90 Å². The summed E-state index contributed by atoms with van der Waals surface area (Å²) in [6, 6.07) is 4.68. The molecule has 2 aromatic rings. The van der Waals surface area contributed by atoms with Crippen molar-refractivity contribution in [3.63, 3.8) is 0 Å². The molecule has 0 aliphatic rings. The molecule has 7 heteroatoms. The van der Waals surface area contributed by atoms with Crippen molar-refractivity contribution < 1.29 is 14.6 Å². The molecule has 0 saturated heterocycles. The Bertz CT molecular complexity index is 654. The van der Waals surface area contributed by atoms with Crippen molar-refractivity contribution in [1.29, 1.82) is 0 Å². The summed E-state index contributed by atoms with van der Waals surface area (Å²) in [5.74, 6) is 0.230. The van der Waals surface area contributed by atoms with Crippen molar-refractivity contribution in [3.05, 3.63) is 29.0 Å². The third-order valence-electron chi connectivity index (χ3n) is 3.35. The van der Waals surface area contributed by atoms with Crippen molar-refractivity contribution >= 4 is 28.6 Å². The van der Waals surface area contributed by atoms with E-state index < -0.39 is 18.1 Å². The fourth-order valence-corrected chi connectivity index (χ4v) is 2.33. The Morgan fingerprint density at radius 2 is 2.29 bits per heavy atom. The minimum absolute atomic E-state index is 0.327. The first-order chi connectivity index (χ1) is 9.93. The molecule has 2 N–H and O–H groups in total. The fourth-order valence-electron chi connectivity index (χ4n) is 2.16. The maximum Gasteiger partial charge on any atom is 0.325 e. The number of aliphatic hydroxyl groups is 1. The van der Waals surface area contributed by atoms with Gasteiger partial charge in [-0.25, -0.2) is 4.98 Å². The van der Waals surface area contributed by atoms with Crippen LogP contribution in [0.4, 0.5) is 0 Å². The molecular formula is C14H18ClN3O3. The Morgan fingerprint density at radius 1 is 1.57 bits per heavy atom. The molecule has 0 bridgehead atoms. The van der Waals surface area contributed by atoms with E-state index in [2.05, 4.69) is 15.0 Å². The number of imidazole rings is 1. The lowest BCUT2D eigenvalue weighted by Crippen LogP contribution is -2.45. The van der Waals surface area contributed by atoms with Crippen LogP contribution in [0.15, 0.2) is 18.2 Å². The lowest BCUT2D eigenvalue weighted by Gasteiger charge is -2.18. The van der Waals surface area contributed by atoms with E-state index in [4.69, 9.17) is 11.6 Å². The van der Waals surface area contributed by atoms with Crippen LogP contribution in [0.5, 0.6) is 0 Å². The first kappa shape index (κ1) is 15.8. The zero-order chi connectivity index (χ0) is 15.6. The van der Waals surface area contributed by atoms with E-state index in [-0.39, 0.29) is 0 Å². The number of nitrogens with one attached hydrogen (secondary N) is 1. The molecule has 1 heterocycles. The summed E-state index contributed by atoms with van der Waals surface area (Å²) < 4.78 is 6.57. The number of hydrogen-bond acceptors (Lipinski definition) is 5. The Hall–Kier alpha value is -1.63. The lowest BCUT2D eigenvalue weighted by molar-refractivity contribution is -0.145. The van der Waals surface area contributed by atoms with Crippen LogP contribution in [0.25, 0.3) is 11.0 Å². The lowest BCUT2D eigenvalue weighted by atomic mass is 10.2. The number of carbonyl (C=O) groups excluding carboxylic acids is 1. The molecule has 0 aliphatic carbocycles. The van der Waals surface area contributed by atoms with E-state index in [0.29, 0.717) is 11.6 Å². The minimum Gasteiger partial charge on any atom is -0.468 e. The van der Waals surface area contributed by atoms with Crippen LogP contribution in [-0.4, -0.2) is 39.9 Å². The average Bonchev–Trinajstić information content (AvgIpc) is 2.74. The Balaban J connectivity index is 2.19. The van der Waals surface area contributed by atoms with Crippen LogP contribution in [0.1, 0.15) is 12.7 Å². The summed E-state index contributed by atoms with van der Waals surface area (Å²) >= 11 is 5.95. The summed E-state index contributed by atoms with van der Waals surface area (Å²) in [6.07, 6.45) is -0.860. The Morgan fingerprint density at radius 3 is 2.90 bits per heavy atom. The van der Waals surface area contributed by atoms with E-state index in [1.165, 1.54) is 14.0 Å². The van der Waals surface area contributed by atoms with Crippen molar-refractivity contribution in [2.24, 2.45) is 7.05 Å². The van der Waals surface area contributed by atoms with E-state index in [1.54, 1.807) is 12.1 Å². The van der Waals surface area contributed by atoms with Gasteiger partial charge in [0.05, 0.1) is 30.8 Å². The Kier molecular flexibility index (Phi) is 4.82. The van der Waals surface area contributed by atoms with Crippen LogP contribution in [-0.2, 0) is 23.1 Å². The van der Waals surface area contributed by atoms with Gasteiger partial charge < -0.3 is 14.4 Å². The van der Waals surface area contributed by atoms with Crippen LogP contribution in [0.2, 0.25) is 5.02 Å². The molecule has 0 aliphatic heterocycles. The van der Waals surface area contributed by atoms with E-state index in [1.807, 2.05) is 17.7 Å². The minimum atomic E-state index is -0.860. The number of methoxy groups -OCH3 is 1. The molecule has 0 spiro atoms. The van der Waals surface area contributed by atoms with Crippen LogP contribution < -0.4 is 5.32 Å². The number of aryl methyl sites for hydroxylation is 1. The number of nitrogens with zero attached hydrogens (tertiary/aromatic N) is 2. The highest BCUT2D eigenvalue weighted by Gasteiger charge is 2.24. The first-order valence-electron chi connectivity index (χ1n) is 6.54. The molecule has 2 rings (SSSR count). The van der Waals surface area contributed by atoms with Crippen LogP contribution in [0.3, 0.4) is 0 Å². The van der Waals surface area contributed by atoms with Gasteiger partial charge >= 0.3 is 5.97 Å². The SMILES string of the molecule is COC(=O)C(NCc1nc2cc(Cl)ccc2n1C)C(C)O. The van der Waals surface area contributed by atoms with Crippen LogP contribution >= 0.6 is 11.6 Å². The van der Waals surface area contributed by atoms with E-state index in [0.717, 1.165) is 16.9 Å². The summed E-state index contributed by atoms with van der Waals surface area (Å²) in [4.78, 5) is 16.1. The number of esters is 1. The highest BCUT2D eigenvalue weighted by atomic mass is 35.5. The third kappa shape index (κ3) is 3.34. The van der Waals surface area contributed by atoms with Gasteiger partial charge in [0, 0.05) is 12.1 Å². The number of rotatable bonds is 5. The maximum absolute atomic E-state index is 11.6. The quantitative estimate of drug-likeness (QED) is 0.813. The number of ether oxygens (including phenoxy) is 1. The summed E-state index contributed by atoms with van der Waals surface area (Å²) in [5, 5.41) is 13.2. The molecule has 0 amide bonds. The molecule has 1 aromatic carbocycles. The van der Waals surface area contributed by atoms with Gasteiger partial charge in [-0.15, -0.1) is 0 Å². The molecule has 114 valence electrons. The van der Waals surface area contributed by atoms with Gasteiger partial charge in [-0.3, -0.25) is 10.1 Å². The van der Waals surface area contributed by atoms with E-state index >= 15 is 0 Å².